The fourth-order valence-corrected chi connectivity index (χ4v) is 3.01. The van der Waals surface area contributed by atoms with Crippen molar-refractivity contribution in [2.24, 2.45) is 5.41 Å². The van der Waals surface area contributed by atoms with Gasteiger partial charge in [-0.3, -0.25) is 9.36 Å². The van der Waals surface area contributed by atoms with E-state index in [1.807, 2.05) is 20.8 Å². The Morgan fingerprint density at radius 2 is 2.23 bits per heavy atom. The highest BCUT2D eigenvalue weighted by atomic mass is 35.5. The summed E-state index contributed by atoms with van der Waals surface area (Å²) >= 11 is 5.89. The number of rotatable bonds is 5. The summed E-state index contributed by atoms with van der Waals surface area (Å²) in [6, 6.07) is 1.30. The molecule has 8 nitrogen and oxygen atoms in total. The lowest BCUT2D eigenvalue weighted by atomic mass is 9.92. The van der Waals surface area contributed by atoms with Gasteiger partial charge in [0.15, 0.2) is 18.5 Å². The molecule has 1 aliphatic heterocycles. The number of aliphatic hydroxyl groups excluding tert-OH is 1. The number of carbonyl (C=O) groups excluding carboxylic acids is 1. The van der Waals surface area contributed by atoms with E-state index in [-0.39, 0.29) is 23.5 Å². The minimum atomic E-state index is -1.94. The number of aromatic nitrogens is 2. The lowest BCUT2D eigenvalue weighted by Gasteiger charge is -2.30. The van der Waals surface area contributed by atoms with Gasteiger partial charge in [0, 0.05) is 6.20 Å². The van der Waals surface area contributed by atoms with Crippen molar-refractivity contribution in [3.05, 3.63) is 22.7 Å². The average molecular weight is 392 g/mol. The molecule has 0 aromatic carbocycles. The number of halogens is 2. The van der Waals surface area contributed by atoms with Gasteiger partial charge in [0.2, 0.25) is 0 Å². The largest absolute Gasteiger partial charge is 0.456 e. The third-order valence-corrected chi connectivity index (χ3v) is 4.44. The number of anilines is 1. The van der Waals surface area contributed by atoms with Gasteiger partial charge in [-0.2, -0.15) is 4.98 Å². The van der Waals surface area contributed by atoms with Crippen molar-refractivity contribution in [1.29, 1.82) is 0 Å². The molecule has 10 heteroatoms. The van der Waals surface area contributed by atoms with Crippen molar-refractivity contribution in [2.45, 2.75) is 51.3 Å². The molecule has 0 unspecified atom stereocenters. The second kappa shape index (κ2) is 7.50. The molecule has 4 atom stereocenters. The molecule has 2 heterocycles. The van der Waals surface area contributed by atoms with E-state index >= 15 is 4.39 Å². The van der Waals surface area contributed by atoms with Crippen molar-refractivity contribution in [3.8, 4) is 0 Å². The van der Waals surface area contributed by atoms with Gasteiger partial charge in [-0.1, -0.05) is 20.8 Å². The third kappa shape index (κ3) is 4.16. The molecule has 0 bridgehead atoms. The summed E-state index contributed by atoms with van der Waals surface area (Å²) in [7, 11) is 0. The zero-order valence-electron chi connectivity index (χ0n) is 14.8. The Morgan fingerprint density at radius 1 is 1.58 bits per heavy atom. The maximum absolute atomic E-state index is 15.1. The standard InChI is InChI=1S/C16H23ClFN3O5/c1-15(2,3)6-10(23)25-12-11(18)13(26-16(12,7-17)8-22)21-5-4-9(19)20-14(21)24/h4-5,11-13,22H,6-8H2,1-3H3,(H2,19,20,24)/t11-,12+,13-,16-/m1/s1. The maximum atomic E-state index is 15.1. The van der Waals surface area contributed by atoms with Crippen molar-refractivity contribution >= 4 is 23.4 Å². The maximum Gasteiger partial charge on any atom is 0.351 e. The highest BCUT2D eigenvalue weighted by molar-refractivity contribution is 6.18. The number of alkyl halides is 2. The summed E-state index contributed by atoms with van der Waals surface area (Å²) in [5.74, 6) is -1.02. The Kier molecular flexibility index (Phi) is 5.94. The van der Waals surface area contributed by atoms with E-state index in [0.29, 0.717) is 0 Å². The molecule has 0 radical (unpaired) electrons. The summed E-state index contributed by atoms with van der Waals surface area (Å²) in [5.41, 5.74) is 2.54. The fourth-order valence-electron chi connectivity index (χ4n) is 2.71. The van der Waals surface area contributed by atoms with E-state index in [2.05, 4.69) is 4.98 Å². The van der Waals surface area contributed by atoms with Crippen LogP contribution in [0.2, 0.25) is 0 Å². The van der Waals surface area contributed by atoms with Crippen molar-refractivity contribution < 1.29 is 23.8 Å². The minimum absolute atomic E-state index is 0.0291. The molecule has 0 saturated carbocycles. The Hall–Kier alpha value is -1.71. The minimum Gasteiger partial charge on any atom is -0.456 e. The number of nitrogens with zero attached hydrogens (tertiary/aromatic N) is 2. The summed E-state index contributed by atoms with van der Waals surface area (Å²) in [6.07, 6.45) is -3.62. The first-order valence-corrected chi connectivity index (χ1v) is 8.59. The van der Waals surface area contributed by atoms with Gasteiger partial charge in [0.1, 0.15) is 11.4 Å². The molecule has 1 aromatic rings. The zero-order chi connectivity index (χ0) is 19.7. The highest BCUT2D eigenvalue weighted by Crippen LogP contribution is 2.41. The first-order valence-electron chi connectivity index (χ1n) is 8.06. The number of nitrogen functional groups attached to an aromatic ring is 1. The Bertz CT molecular complexity index is 717. The molecular weight excluding hydrogens is 369 g/mol. The highest BCUT2D eigenvalue weighted by Gasteiger charge is 2.58. The van der Waals surface area contributed by atoms with Crippen LogP contribution in [0.1, 0.15) is 33.4 Å². The second-order valence-electron chi connectivity index (χ2n) is 7.50. The molecule has 1 aliphatic rings. The van der Waals surface area contributed by atoms with E-state index in [1.54, 1.807) is 0 Å². The van der Waals surface area contributed by atoms with Gasteiger partial charge in [-0.05, 0) is 11.5 Å². The number of ether oxygens (including phenoxy) is 2. The number of carbonyl (C=O) groups is 1. The van der Waals surface area contributed by atoms with Crippen LogP contribution < -0.4 is 11.4 Å². The fraction of sp³-hybridized carbons (Fsp3) is 0.688. The Morgan fingerprint density at radius 3 is 2.73 bits per heavy atom. The summed E-state index contributed by atoms with van der Waals surface area (Å²) in [6.45, 7) is 4.79. The van der Waals surface area contributed by atoms with Crippen LogP contribution in [0.25, 0.3) is 0 Å². The lowest BCUT2D eigenvalue weighted by Crippen LogP contribution is -2.49. The van der Waals surface area contributed by atoms with Crippen LogP contribution in [0.3, 0.4) is 0 Å². The Balaban J connectivity index is 2.33. The predicted octanol–water partition coefficient (Wildman–Crippen LogP) is 1.01. The van der Waals surface area contributed by atoms with Gasteiger partial charge in [-0.15, -0.1) is 11.6 Å². The summed E-state index contributed by atoms with van der Waals surface area (Å²) < 4.78 is 26.8. The van der Waals surface area contributed by atoms with Gasteiger partial charge >= 0.3 is 11.7 Å². The summed E-state index contributed by atoms with van der Waals surface area (Å²) in [4.78, 5) is 27.7. The van der Waals surface area contributed by atoms with Crippen LogP contribution in [-0.4, -0.2) is 51.0 Å². The number of hydrogen-bond acceptors (Lipinski definition) is 7. The normalized spacial score (nSPS) is 28.9. The molecule has 1 saturated heterocycles. The molecular formula is C16H23ClFN3O5. The Labute approximate surface area is 155 Å². The first-order chi connectivity index (χ1) is 12.0. The SMILES string of the molecule is CC(C)(C)CC(=O)O[C@H]1[C@@H](F)[C@H](n2ccc(N)nc2=O)O[C@@]1(CO)CCl. The van der Waals surface area contributed by atoms with Crippen molar-refractivity contribution in [3.63, 3.8) is 0 Å². The average Bonchev–Trinajstić information content (AvgIpc) is 2.79. The van der Waals surface area contributed by atoms with Crippen LogP contribution in [0, 0.1) is 5.41 Å². The number of hydrogen-bond donors (Lipinski definition) is 2. The van der Waals surface area contributed by atoms with Gasteiger partial charge in [-0.25, -0.2) is 9.18 Å². The van der Waals surface area contributed by atoms with Crippen LogP contribution in [0.4, 0.5) is 10.2 Å². The topological polar surface area (TPSA) is 117 Å². The number of esters is 1. The smallest absolute Gasteiger partial charge is 0.351 e. The molecule has 3 N–H and O–H groups in total. The van der Waals surface area contributed by atoms with Crippen LogP contribution in [0.5, 0.6) is 0 Å². The number of aliphatic hydroxyl groups is 1. The molecule has 146 valence electrons. The molecule has 0 amide bonds. The van der Waals surface area contributed by atoms with Gasteiger partial charge in [0.05, 0.1) is 18.9 Å². The first kappa shape index (κ1) is 20.6. The molecule has 1 aromatic heterocycles. The van der Waals surface area contributed by atoms with Gasteiger partial charge < -0.3 is 20.3 Å². The number of nitrogens with two attached hydrogens (primary N) is 1. The molecule has 26 heavy (non-hydrogen) atoms. The zero-order valence-corrected chi connectivity index (χ0v) is 15.6. The predicted molar refractivity (Wildman–Crippen MR) is 92.4 cm³/mol. The van der Waals surface area contributed by atoms with Crippen molar-refractivity contribution in [1.82, 2.24) is 9.55 Å². The van der Waals surface area contributed by atoms with Crippen molar-refractivity contribution in [2.75, 3.05) is 18.2 Å². The van der Waals surface area contributed by atoms with E-state index in [0.717, 1.165) is 4.57 Å². The van der Waals surface area contributed by atoms with Crippen LogP contribution in [0.15, 0.2) is 17.1 Å². The quantitative estimate of drug-likeness (QED) is 0.568. The molecule has 0 aliphatic carbocycles. The monoisotopic (exact) mass is 391 g/mol. The molecule has 2 rings (SSSR count). The van der Waals surface area contributed by atoms with E-state index < -0.39 is 42.4 Å². The third-order valence-electron chi connectivity index (χ3n) is 3.99. The van der Waals surface area contributed by atoms with Gasteiger partial charge in [0.25, 0.3) is 0 Å². The van der Waals surface area contributed by atoms with E-state index in [9.17, 15) is 14.7 Å². The molecule has 1 fully saturated rings. The lowest BCUT2D eigenvalue weighted by molar-refractivity contribution is -0.166. The van der Waals surface area contributed by atoms with E-state index in [4.69, 9.17) is 26.8 Å². The second-order valence-corrected chi connectivity index (χ2v) is 7.77. The van der Waals surface area contributed by atoms with Crippen LogP contribution in [-0.2, 0) is 14.3 Å². The summed E-state index contributed by atoms with van der Waals surface area (Å²) in [5, 5.41) is 9.74. The molecule has 0 spiro atoms. The van der Waals surface area contributed by atoms with Crippen LogP contribution >= 0.6 is 11.6 Å². The van der Waals surface area contributed by atoms with E-state index in [1.165, 1.54) is 12.3 Å².